The largest absolute Gasteiger partial charge is 0.324 e. The van der Waals surface area contributed by atoms with Crippen LogP contribution in [0.4, 0.5) is 0 Å². The van der Waals surface area contributed by atoms with Crippen LogP contribution in [0, 0.1) is 0 Å². The fourth-order valence-corrected chi connectivity index (χ4v) is 7.26. The third-order valence-electron chi connectivity index (χ3n) is 9.88. The third kappa shape index (κ3) is 5.32. The van der Waals surface area contributed by atoms with Crippen LogP contribution in [0.3, 0.4) is 0 Å². The summed E-state index contributed by atoms with van der Waals surface area (Å²) in [5.74, 6) is 0.633. The molecular weight excluding hydrogens is 683 g/mol. The van der Waals surface area contributed by atoms with E-state index in [0.29, 0.717) is 28.5 Å². The van der Waals surface area contributed by atoms with Crippen LogP contribution < -0.4 is 5.32 Å². The van der Waals surface area contributed by atoms with E-state index < -0.39 is 102 Å². The van der Waals surface area contributed by atoms with E-state index in [1.807, 2.05) is 84.9 Å². The number of fused-ring (bicyclic) bond motifs is 6. The number of amidine groups is 2. The Morgan fingerprint density at radius 1 is 0.411 bits per heavy atom. The molecule has 0 radical (unpaired) electrons. The van der Waals surface area contributed by atoms with Crippen molar-refractivity contribution in [1.29, 1.82) is 0 Å². The van der Waals surface area contributed by atoms with Crippen LogP contribution in [0.1, 0.15) is 36.6 Å². The molecule has 56 heavy (non-hydrogen) atoms. The first-order valence-corrected chi connectivity index (χ1v) is 17.9. The van der Waals surface area contributed by atoms with Crippen LogP contribution >= 0.6 is 0 Å². The van der Waals surface area contributed by atoms with Crippen LogP contribution in [-0.4, -0.2) is 20.8 Å². The van der Waals surface area contributed by atoms with Gasteiger partial charge in [-0.25, -0.2) is 9.98 Å². The number of nitrogens with one attached hydrogen (secondary N) is 1. The summed E-state index contributed by atoms with van der Waals surface area (Å²) < 4.78 is 132. The lowest BCUT2D eigenvalue weighted by Gasteiger charge is -2.24. The second kappa shape index (κ2) is 13.1. The number of hydrogen-bond acceptors (Lipinski definition) is 3. The topological polar surface area (TPSA) is 46.6 Å². The van der Waals surface area contributed by atoms with Crippen molar-refractivity contribution in [3.05, 3.63) is 211 Å². The van der Waals surface area contributed by atoms with E-state index in [0.717, 1.165) is 11.1 Å². The first-order valence-electron chi connectivity index (χ1n) is 24.9. The molecule has 0 spiro atoms. The highest BCUT2D eigenvalue weighted by Gasteiger charge is 2.24. The number of benzene rings is 8. The molecule has 1 atom stereocenters. The molecule has 10 aromatic rings. The van der Waals surface area contributed by atoms with Gasteiger partial charge >= 0.3 is 0 Å². The summed E-state index contributed by atoms with van der Waals surface area (Å²) in [5, 5.41) is 2.70. The molecule has 0 bridgehead atoms. The van der Waals surface area contributed by atoms with Crippen molar-refractivity contribution in [2.24, 2.45) is 9.98 Å². The van der Waals surface area contributed by atoms with Gasteiger partial charge in [-0.3, -0.25) is 4.57 Å². The Morgan fingerprint density at radius 3 is 1.62 bits per heavy atom. The molecule has 0 aliphatic carbocycles. The first kappa shape index (κ1) is 20.8. The van der Waals surface area contributed by atoms with Crippen LogP contribution in [0.2, 0.25) is 0 Å². The molecule has 1 N–H and O–H groups in total. The van der Waals surface area contributed by atoms with E-state index in [1.165, 1.54) is 9.13 Å². The van der Waals surface area contributed by atoms with Gasteiger partial charge in [0.2, 0.25) is 6.29 Å². The van der Waals surface area contributed by atoms with Crippen molar-refractivity contribution in [2.45, 2.75) is 6.29 Å². The van der Waals surface area contributed by atoms with Crippen molar-refractivity contribution in [3.63, 3.8) is 0 Å². The van der Waals surface area contributed by atoms with Crippen LogP contribution in [0.5, 0.6) is 0 Å². The van der Waals surface area contributed by atoms with Crippen LogP contribution in [0.25, 0.3) is 71.6 Å². The predicted molar refractivity (Wildman–Crippen MR) is 233 cm³/mol. The molecule has 1 unspecified atom stereocenters. The third-order valence-corrected chi connectivity index (χ3v) is 9.88. The molecule has 5 nitrogen and oxygen atoms in total. The Hall–Kier alpha value is -7.50. The molecule has 0 saturated heterocycles. The minimum atomic E-state index is -1.42. The molecule has 264 valence electrons. The highest BCUT2D eigenvalue weighted by Crippen LogP contribution is 2.39. The summed E-state index contributed by atoms with van der Waals surface area (Å²) in [5.41, 5.74) is 2.17. The van der Waals surface area contributed by atoms with Crippen molar-refractivity contribution in [1.82, 2.24) is 14.5 Å². The smallest absolute Gasteiger partial charge is 0.224 e. The number of hydrogen-bond donors (Lipinski definition) is 1. The zero-order valence-electron chi connectivity index (χ0n) is 43.3. The van der Waals surface area contributed by atoms with E-state index in [1.54, 1.807) is 30.3 Å². The first-order chi connectivity index (χ1) is 33.6. The predicted octanol–water partition coefficient (Wildman–Crippen LogP) is 12.2. The summed E-state index contributed by atoms with van der Waals surface area (Å²) in [7, 11) is 0. The van der Waals surface area contributed by atoms with Gasteiger partial charge in [0.15, 0.2) is 0 Å². The van der Waals surface area contributed by atoms with Crippen LogP contribution in [0.15, 0.2) is 210 Å². The molecule has 2 aromatic heterocycles. The maximum Gasteiger partial charge on any atom is 0.224 e. The minimum absolute atomic E-state index is 0.0515. The Morgan fingerprint density at radius 2 is 0.911 bits per heavy atom. The summed E-state index contributed by atoms with van der Waals surface area (Å²) in [6, 6.07) is 27.0. The summed E-state index contributed by atoms with van der Waals surface area (Å²) in [4.78, 5) is 10.0. The molecule has 1 aliphatic rings. The molecule has 3 heterocycles. The standard InChI is InChI=1S/C51H35N5/c1-4-14-34(15-5-1)35-24-26-37(27-25-35)50-52-49(36-16-6-2-7-17-36)53-51(54-50)56-46-23-13-10-20-41(46)43-30-28-39(33-48(43)56)38-29-31-47-44(32-38)42-21-11-12-22-45(42)55(47)40-18-8-3-9-19-40/h1-33,51H,(H,52,53,54)/i10D,11D,12D,13D,20D,21D,22D,23D,28D,29D,30D,31D,32D,33D. The van der Waals surface area contributed by atoms with E-state index in [-0.39, 0.29) is 43.6 Å². The molecule has 1 aliphatic heterocycles. The van der Waals surface area contributed by atoms with Gasteiger partial charge in [0.1, 0.15) is 11.7 Å². The van der Waals surface area contributed by atoms with Gasteiger partial charge in [-0.1, -0.05) is 158 Å². The van der Waals surface area contributed by atoms with Crippen molar-refractivity contribution in [3.8, 4) is 27.9 Å². The average Bonchev–Trinajstić information content (AvgIpc) is 3.95. The van der Waals surface area contributed by atoms with E-state index in [2.05, 4.69) is 5.32 Å². The van der Waals surface area contributed by atoms with E-state index in [4.69, 9.17) is 18.2 Å². The van der Waals surface area contributed by atoms with E-state index in [9.17, 15) is 11.0 Å². The molecular formula is C51H35N5. The second-order valence-electron chi connectivity index (χ2n) is 13.2. The summed E-state index contributed by atoms with van der Waals surface area (Å²) in [6.07, 6.45) is -1.42. The fraction of sp³-hybridized carbons (Fsp3) is 0.0196. The molecule has 0 fully saturated rings. The number of aliphatic imine (C=N–C) groups is 2. The van der Waals surface area contributed by atoms with Crippen LogP contribution in [-0.2, 0) is 0 Å². The van der Waals surface area contributed by atoms with Gasteiger partial charge in [0, 0.05) is 38.4 Å². The van der Waals surface area contributed by atoms with Gasteiger partial charge in [-0.15, -0.1) is 0 Å². The Balaban J connectivity index is 1.26. The Kier molecular flexibility index (Phi) is 4.88. The second-order valence-corrected chi connectivity index (χ2v) is 13.2. The lowest BCUT2D eigenvalue weighted by atomic mass is 10.0. The Bertz CT molecular complexity index is 3950. The van der Waals surface area contributed by atoms with Crippen molar-refractivity contribution in [2.75, 3.05) is 0 Å². The molecule has 8 aromatic carbocycles. The highest BCUT2D eigenvalue weighted by atomic mass is 15.3. The van der Waals surface area contributed by atoms with Crippen molar-refractivity contribution >= 4 is 55.3 Å². The van der Waals surface area contributed by atoms with Gasteiger partial charge in [-0.2, -0.15) is 0 Å². The van der Waals surface area contributed by atoms with Gasteiger partial charge < -0.3 is 9.88 Å². The molecule has 11 rings (SSSR count). The monoisotopic (exact) mass is 731 g/mol. The molecule has 5 heteroatoms. The maximum absolute atomic E-state index is 10.1. The lowest BCUT2D eigenvalue weighted by molar-refractivity contribution is 0.575. The Labute approximate surface area is 343 Å². The normalized spacial score (nSPS) is 17.8. The molecule has 0 amide bonds. The number of aromatic nitrogens is 2. The fourth-order valence-electron chi connectivity index (χ4n) is 7.26. The summed E-state index contributed by atoms with van der Waals surface area (Å²) in [6.45, 7) is 0. The zero-order chi connectivity index (χ0) is 49.2. The van der Waals surface area contributed by atoms with Gasteiger partial charge in [0.05, 0.1) is 41.3 Å². The van der Waals surface area contributed by atoms with Crippen molar-refractivity contribution < 1.29 is 19.2 Å². The zero-order valence-corrected chi connectivity index (χ0v) is 29.3. The van der Waals surface area contributed by atoms with Gasteiger partial charge in [0.25, 0.3) is 0 Å². The number of nitrogens with zero attached hydrogens (tertiary/aromatic N) is 4. The maximum atomic E-state index is 10.1. The number of rotatable bonds is 6. The average molecular weight is 732 g/mol. The SMILES string of the molecule is [2H]c1c([2H])c([2H])c2c(c1[2H])c1c([2H])c(-c3c([2H])c([2H])c4c5c([2H])c([2H])c([2H])c([2H])c5n(C5N=C(c6ccccc6)NC(c6ccc(-c7ccccc7)cc6)=N5)c4c3[2H])c([2H])c([2H])c1n2-c1ccccc1. The molecule has 0 saturated carbocycles. The lowest BCUT2D eigenvalue weighted by Crippen LogP contribution is -2.36. The summed E-state index contributed by atoms with van der Waals surface area (Å²) >= 11 is 0. The highest BCUT2D eigenvalue weighted by molar-refractivity contribution is 6.16. The quantitative estimate of drug-likeness (QED) is 0.182. The minimum Gasteiger partial charge on any atom is -0.324 e. The van der Waals surface area contributed by atoms with Gasteiger partial charge in [-0.05, 0) is 64.6 Å². The number of para-hydroxylation sites is 3. The van der Waals surface area contributed by atoms with E-state index >= 15 is 0 Å².